The van der Waals surface area contributed by atoms with Crippen LogP contribution in [0.25, 0.3) is 0 Å². The fraction of sp³-hybridized carbons (Fsp3) is 0.750. The molecule has 0 aromatic heterocycles. The molecule has 0 aromatic carbocycles. The molecule has 1 N–H and O–H groups in total. The molecule has 15 heavy (non-hydrogen) atoms. The molecule has 0 saturated carbocycles. The molecule has 1 amide bonds. The third-order valence-corrected chi connectivity index (χ3v) is 2.83. The second kappa shape index (κ2) is 6.47. The summed E-state index contributed by atoms with van der Waals surface area (Å²) in [5.41, 5.74) is 0. The van der Waals surface area contributed by atoms with E-state index in [4.69, 9.17) is 6.42 Å². The zero-order chi connectivity index (χ0) is 11.1. The van der Waals surface area contributed by atoms with Crippen molar-refractivity contribution in [2.75, 3.05) is 19.6 Å². The van der Waals surface area contributed by atoms with Crippen LogP contribution < -0.4 is 5.32 Å². The van der Waals surface area contributed by atoms with Gasteiger partial charge in [-0.3, -0.25) is 4.79 Å². The van der Waals surface area contributed by atoms with Crippen LogP contribution in [0.3, 0.4) is 0 Å². The minimum atomic E-state index is -0.0131. The van der Waals surface area contributed by atoms with Gasteiger partial charge in [-0.15, -0.1) is 6.42 Å². The number of amides is 1. The fourth-order valence-corrected chi connectivity index (χ4v) is 1.92. The summed E-state index contributed by atoms with van der Waals surface area (Å²) < 4.78 is 0. The lowest BCUT2D eigenvalue weighted by Gasteiger charge is -2.24. The van der Waals surface area contributed by atoms with E-state index in [9.17, 15) is 4.79 Å². The predicted molar refractivity (Wildman–Crippen MR) is 61.3 cm³/mol. The monoisotopic (exact) mass is 208 g/mol. The minimum absolute atomic E-state index is 0.0131. The first-order valence-corrected chi connectivity index (χ1v) is 5.75. The average Bonchev–Trinajstić information content (AvgIpc) is 2.53. The molecule has 1 aliphatic heterocycles. The largest absolute Gasteiger partial charge is 0.330 e. The average molecular weight is 208 g/mol. The van der Waals surface area contributed by atoms with Crippen molar-refractivity contribution < 1.29 is 4.79 Å². The number of rotatable bonds is 3. The lowest BCUT2D eigenvalue weighted by Crippen LogP contribution is -2.46. The van der Waals surface area contributed by atoms with Crippen molar-refractivity contribution in [3.05, 3.63) is 0 Å². The Balaban J connectivity index is 2.52. The molecule has 1 saturated heterocycles. The number of likely N-dealkylation sites (N-methyl/N-ethyl adjacent to an activating group) is 1. The molecule has 1 unspecified atom stereocenters. The van der Waals surface area contributed by atoms with Crippen molar-refractivity contribution in [1.29, 1.82) is 0 Å². The lowest BCUT2D eigenvalue weighted by molar-refractivity contribution is -0.132. The Morgan fingerprint density at radius 2 is 2.33 bits per heavy atom. The molecule has 0 bridgehead atoms. The molecule has 84 valence electrons. The maximum absolute atomic E-state index is 12.0. The third kappa shape index (κ3) is 3.56. The van der Waals surface area contributed by atoms with Gasteiger partial charge in [0, 0.05) is 6.54 Å². The minimum Gasteiger partial charge on any atom is -0.330 e. The van der Waals surface area contributed by atoms with E-state index < -0.39 is 0 Å². The van der Waals surface area contributed by atoms with Crippen LogP contribution in [0.2, 0.25) is 0 Å². The Morgan fingerprint density at radius 1 is 1.53 bits per heavy atom. The Hall–Kier alpha value is -1.01. The van der Waals surface area contributed by atoms with E-state index in [-0.39, 0.29) is 11.9 Å². The highest BCUT2D eigenvalue weighted by Crippen LogP contribution is 2.10. The summed E-state index contributed by atoms with van der Waals surface area (Å²) in [6.07, 6.45) is 9.71. The van der Waals surface area contributed by atoms with Crippen molar-refractivity contribution in [2.45, 2.75) is 38.6 Å². The normalized spacial score (nSPS) is 21.5. The molecule has 1 aliphatic rings. The van der Waals surface area contributed by atoms with Crippen LogP contribution in [0, 0.1) is 12.3 Å². The van der Waals surface area contributed by atoms with E-state index in [1.807, 2.05) is 6.92 Å². The van der Waals surface area contributed by atoms with Gasteiger partial charge >= 0.3 is 0 Å². The highest BCUT2D eigenvalue weighted by Gasteiger charge is 2.23. The summed E-state index contributed by atoms with van der Waals surface area (Å²) in [5, 5.41) is 3.29. The van der Waals surface area contributed by atoms with E-state index in [1.165, 1.54) is 12.8 Å². The van der Waals surface area contributed by atoms with Gasteiger partial charge in [0.05, 0.1) is 12.6 Å². The molecule has 0 spiro atoms. The van der Waals surface area contributed by atoms with Gasteiger partial charge in [0.25, 0.3) is 0 Å². The number of carbonyl (C=O) groups excluding carboxylic acids is 1. The number of terminal acetylenes is 1. The van der Waals surface area contributed by atoms with E-state index in [0.29, 0.717) is 13.1 Å². The van der Waals surface area contributed by atoms with Gasteiger partial charge in [0.2, 0.25) is 5.91 Å². The number of nitrogens with zero attached hydrogens (tertiary/aromatic N) is 1. The summed E-state index contributed by atoms with van der Waals surface area (Å²) in [4.78, 5) is 13.8. The molecule has 1 heterocycles. The molecule has 1 atom stereocenters. The summed E-state index contributed by atoms with van der Waals surface area (Å²) in [5.74, 6) is 2.70. The van der Waals surface area contributed by atoms with Crippen molar-refractivity contribution in [3.8, 4) is 12.3 Å². The van der Waals surface area contributed by atoms with Crippen LogP contribution in [0.1, 0.15) is 32.6 Å². The molecule has 3 heteroatoms. The highest BCUT2D eigenvalue weighted by atomic mass is 16.2. The van der Waals surface area contributed by atoms with Gasteiger partial charge in [-0.05, 0) is 26.3 Å². The lowest BCUT2D eigenvalue weighted by atomic mass is 10.1. The van der Waals surface area contributed by atoms with Gasteiger partial charge in [-0.1, -0.05) is 18.8 Å². The molecule has 0 aromatic rings. The van der Waals surface area contributed by atoms with E-state index >= 15 is 0 Å². The molecular formula is C12H20N2O. The van der Waals surface area contributed by atoms with Gasteiger partial charge in [0.15, 0.2) is 0 Å². The molecule has 1 rings (SSSR count). The highest BCUT2D eigenvalue weighted by molar-refractivity contribution is 5.82. The van der Waals surface area contributed by atoms with Gasteiger partial charge in [0.1, 0.15) is 0 Å². The Labute approximate surface area is 92.2 Å². The van der Waals surface area contributed by atoms with Crippen molar-refractivity contribution in [3.63, 3.8) is 0 Å². The maximum atomic E-state index is 12.0. The van der Waals surface area contributed by atoms with Crippen molar-refractivity contribution >= 4 is 5.91 Å². The van der Waals surface area contributed by atoms with Crippen molar-refractivity contribution in [2.24, 2.45) is 0 Å². The molecule has 0 radical (unpaired) electrons. The van der Waals surface area contributed by atoms with Gasteiger partial charge in [-0.2, -0.15) is 0 Å². The van der Waals surface area contributed by atoms with Crippen LogP contribution in [0.4, 0.5) is 0 Å². The molecular weight excluding hydrogens is 188 g/mol. The van der Waals surface area contributed by atoms with Crippen molar-refractivity contribution in [1.82, 2.24) is 10.2 Å². The summed E-state index contributed by atoms with van der Waals surface area (Å²) in [6.45, 7) is 4.03. The quantitative estimate of drug-likeness (QED) is 0.702. The summed E-state index contributed by atoms with van der Waals surface area (Å²) in [6, 6.07) is -0.0131. The zero-order valence-corrected chi connectivity index (χ0v) is 9.46. The maximum Gasteiger partial charge on any atom is 0.240 e. The number of nitrogens with one attached hydrogen (secondary N) is 1. The fourth-order valence-electron chi connectivity index (χ4n) is 1.92. The van der Waals surface area contributed by atoms with E-state index in [2.05, 4.69) is 11.2 Å². The standard InChI is InChI=1S/C12H20N2O/c1-3-10-14(4-2)12(15)11-8-6-5-7-9-13-11/h1,11,13H,4-10H2,2H3. The Kier molecular flexibility index (Phi) is 5.20. The number of carbonyl (C=O) groups is 1. The van der Waals surface area contributed by atoms with E-state index in [0.717, 1.165) is 19.4 Å². The smallest absolute Gasteiger partial charge is 0.240 e. The Bertz CT molecular complexity index is 236. The third-order valence-electron chi connectivity index (χ3n) is 2.83. The molecule has 3 nitrogen and oxygen atoms in total. The SMILES string of the molecule is C#CCN(CC)C(=O)C1CCCCCN1. The zero-order valence-electron chi connectivity index (χ0n) is 9.46. The summed E-state index contributed by atoms with van der Waals surface area (Å²) in [7, 11) is 0. The van der Waals surface area contributed by atoms with Gasteiger partial charge < -0.3 is 10.2 Å². The first kappa shape index (κ1) is 12.1. The van der Waals surface area contributed by atoms with Crippen LogP contribution in [-0.4, -0.2) is 36.5 Å². The second-order valence-electron chi connectivity index (χ2n) is 3.91. The van der Waals surface area contributed by atoms with Crippen LogP contribution in [-0.2, 0) is 4.79 Å². The Morgan fingerprint density at radius 3 is 3.00 bits per heavy atom. The molecule has 1 fully saturated rings. The number of hydrogen-bond acceptors (Lipinski definition) is 2. The van der Waals surface area contributed by atoms with Crippen LogP contribution in [0.5, 0.6) is 0 Å². The first-order valence-electron chi connectivity index (χ1n) is 5.75. The second-order valence-corrected chi connectivity index (χ2v) is 3.91. The van der Waals surface area contributed by atoms with E-state index in [1.54, 1.807) is 4.90 Å². The molecule has 0 aliphatic carbocycles. The first-order chi connectivity index (χ1) is 7.29. The van der Waals surface area contributed by atoms with Crippen LogP contribution in [0.15, 0.2) is 0 Å². The van der Waals surface area contributed by atoms with Gasteiger partial charge in [-0.25, -0.2) is 0 Å². The number of hydrogen-bond donors (Lipinski definition) is 1. The predicted octanol–water partition coefficient (Wildman–Crippen LogP) is 1.00. The van der Waals surface area contributed by atoms with Crippen LogP contribution >= 0.6 is 0 Å². The summed E-state index contributed by atoms with van der Waals surface area (Å²) >= 11 is 0. The topological polar surface area (TPSA) is 32.3 Å².